The number of carbonyl (C=O) groups is 1. The number of anilines is 1. The zero-order valence-electron chi connectivity index (χ0n) is 10.4. The van der Waals surface area contributed by atoms with Gasteiger partial charge >= 0.3 is 0 Å². The second kappa shape index (κ2) is 5.35. The third kappa shape index (κ3) is 2.61. The highest BCUT2D eigenvalue weighted by molar-refractivity contribution is 8.04. The summed E-state index contributed by atoms with van der Waals surface area (Å²) in [6.45, 7) is 4.54. The van der Waals surface area contributed by atoms with Crippen LogP contribution in [0.1, 0.15) is 12.5 Å². The lowest BCUT2D eigenvalue weighted by Gasteiger charge is -2.09. The molecule has 0 aliphatic carbocycles. The standard InChI is InChI=1S/C13H16N2O2S/c1-3-15-8-18-12(13(15)17)7-14-10-4-5-11(16)9(2)6-10/h4-7,14,16H,3,8H2,1-2H3. The van der Waals surface area contributed by atoms with Gasteiger partial charge in [0.05, 0.1) is 10.8 Å². The van der Waals surface area contributed by atoms with Crippen LogP contribution in [0.25, 0.3) is 0 Å². The molecule has 18 heavy (non-hydrogen) atoms. The number of phenolic OH excluding ortho intramolecular Hbond substituents is 1. The van der Waals surface area contributed by atoms with Gasteiger partial charge in [0, 0.05) is 18.4 Å². The Morgan fingerprint density at radius 1 is 1.56 bits per heavy atom. The SMILES string of the molecule is CCN1CSC(=CNc2ccc(O)c(C)c2)C1=O. The van der Waals surface area contributed by atoms with Gasteiger partial charge < -0.3 is 15.3 Å². The Balaban J connectivity index is 2.07. The first kappa shape index (κ1) is 12.8. The van der Waals surface area contributed by atoms with Crippen LogP contribution in [0.3, 0.4) is 0 Å². The number of aryl methyl sites for hydroxylation is 1. The number of hydrogen-bond acceptors (Lipinski definition) is 4. The van der Waals surface area contributed by atoms with Crippen LogP contribution in [0.5, 0.6) is 5.75 Å². The van der Waals surface area contributed by atoms with Crippen LogP contribution >= 0.6 is 11.8 Å². The van der Waals surface area contributed by atoms with Crippen molar-refractivity contribution in [2.24, 2.45) is 0 Å². The highest BCUT2D eigenvalue weighted by atomic mass is 32.2. The highest BCUT2D eigenvalue weighted by Gasteiger charge is 2.24. The van der Waals surface area contributed by atoms with Crippen molar-refractivity contribution in [2.45, 2.75) is 13.8 Å². The van der Waals surface area contributed by atoms with Crippen molar-refractivity contribution < 1.29 is 9.90 Å². The average Bonchev–Trinajstić information content (AvgIpc) is 2.72. The van der Waals surface area contributed by atoms with Gasteiger partial charge in [-0.05, 0) is 37.6 Å². The Bertz CT molecular complexity index is 500. The summed E-state index contributed by atoms with van der Waals surface area (Å²) >= 11 is 1.54. The molecule has 1 saturated heterocycles. The van der Waals surface area contributed by atoms with Gasteiger partial charge in [0.1, 0.15) is 5.75 Å². The number of likely N-dealkylation sites (N-methyl/N-ethyl adjacent to an activating group) is 1. The predicted molar refractivity (Wildman–Crippen MR) is 74.4 cm³/mol. The molecule has 1 aliphatic heterocycles. The quantitative estimate of drug-likeness (QED) is 0.650. The molecule has 1 amide bonds. The number of benzene rings is 1. The van der Waals surface area contributed by atoms with Gasteiger partial charge in [0.25, 0.3) is 5.91 Å². The summed E-state index contributed by atoms with van der Waals surface area (Å²) in [5.74, 6) is 1.07. The van der Waals surface area contributed by atoms with Crippen molar-refractivity contribution in [3.05, 3.63) is 34.9 Å². The van der Waals surface area contributed by atoms with E-state index >= 15 is 0 Å². The van der Waals surface area contributed by atoms with Crippen molar-refractivity contribution in [3.8, 4) is 5.75 Å². The van der Waals surface area contributed by atoms with Crippen LogP contribution in [-0.2, 0) is 4.79 Å². The first-order valence-electron chi connectivity index (χ1n) is 5.80. The van der Waals surface area contributed by atoms with Crippen molar-refractivity contribution in [2.75, 3.05) is 17.7 Å². The molecule has 2 N–H and O–H groups in total. The Morgan fingerprint density at radius 2 is 2.33 bits per heavy atom. The molecule has 1 fully saturated rings. The Kier molecular flexibility index (Phi) is 3.81. The number of hydrogen-bond donors (Lipinski definition) is 2. The van der Waals surface area contributed by atoms with Crippen molar-refractivity contribution in [3.63, 3.8) is 0 Å². The number of thioether (sulfide) groups is 1. The van der Waals surface area contributed by atoms with Crippen molar-refractivity contribution >= 4 is 23.4 Å². The summed E-state index contributed by atoms with van der Waals surface area (Å²) in [6, 6.07) is 5.26. The summed E-state index contributed by atoms with van der Waals surface area (Å²) in [5.41, 5.74) is 1.67. The largest absolute Gasteiger partial charge is 0.508 e. The molecular formula is C13H16N2O2S. The van der Waals surface area contributed by atoms with E-state index in [4.69, 9.17) is 0 Å². The van der Waals surface area contributed by atoms with E-state index in [0.29, 0.717) is 0 Å². The molecule has 2 rings (SSSR count). The van der Waals surface area contributed by atoms with Crippen LogP contribution < -0.4 is 5.32 Å². The lowest BCUT2D eigenvalue weighted by molar-refractivity contribution is -0.124. The summed E-state index contributed by atoms with van der Waals surface area (Å²) in [7, 11) is 0. The lowest BCUT2D eigenvalue weighted by Crippen LogP contribution is -2.24. The molecule has 4 nitrogen and oxygen atoms in total. The number of phenols is 1. The summed E-state index contributed by atoms with van der Waals surface area (Å²) in [6.07, 6.45) is 1.73. The molecule has 5 heteroatoms. The molecule has 0 bridgehead atoms. The monoisotopic (exact) mass is 264 g/mol. The van der Waals surface area contributed by atoms with E-state index in [1.807, 2.05) is 19.9 Å². The molecule has 96 valence electrons. The number of nitrogens with one attached hydrogen (secondary N) is 1. The zero-order valence-corrected chi connectivity index (χ0v) is 11.3. The normalized spacial score (nSPS) is 17.6. The second-order valence-electron chi connectivity index (χ2n) is 4.09. The molecular weight excluding hydrogens is 248 g/mol. The minimum atomic E-state index is 0.0745. The van der Waals surface area contributed by atoms with E-state index in [9.17, 15) is 9.90 Å². The molecule has 1 aromatic carbocycles. The van der Waals surface area contributed by atoms with Gasteiger partial charge in [-0.25, -0.2) is 0 Å². The van der Waals surface area contributed by atoms with Gasteiger partial charge in [0.2, 0.25) is 0 Å². The fourth-order valence-electron chi connectivity index (χ4n) is 1.66. The van der Waals surface area contributed by atoms with E-state index in [0.717, 1.165) is 28.6 Å². The van der Waals surface area contributed by atoms with E-state index in [-0.39, 0.29) is 11.7 Å². The molecule has 0 aromatic heterocycles. The van der Waals surface area contributed by atoms with E-state index in [1.54, 1.807) is 23.2 Å². The topological polar surface area (TPSA) is 52.6 Å². The molecule has 1 heterocycles. The number of nitrogens with zero attached hydrogens (tertiary/aromatic N) is 1. The minimum Gasteiger partial charge on any atom is -0.508 e. The average molecular weight is 264 g/mol. The maximum absolute atomic E-state index is 11.8. The first-order chi connectivity index (χ1) is 8.61. The number of carbonyl (C=O) groups excluding carboxylic acids is 1. The van der Waals surface area contributed by atoms with Crippen LogP contribution in [0.15, 0.2) is 29.3 Å². The molecule has 0 spiro atoms. The van der Waals surface area contributed by atoms with Crippen molar-refractivity contribution in [1.82, 2.24) is 4.90 Å². The third-order valence-electron chi connectivity index (χ3n) is 2.82. The molecule has 1 aromatic rings. The second-order valence-corrected chi connectivity index (χ2v) is 5.08. The maximum atomic E-state index is 11.8. The fourth-order valence-corrected chi connectivity index (χ4v) is 2.65. The molecule has 1 aliphatic rings. The van der Waals surface area contributed by atoms with Gasteiger partial charge in [0.15, 0.2) is 0 Å². The summed E-state index contributed by atoms with van der Waals surface area (Å²) in [4.78, 5) is 14.4. The smallest absolute Gasteiger partial charge is 0.262 e. The van der Waals surface area contributed by atoms with Gasteiger partial charge in [-0.1, -0.05) is 11.8 Å². The fraction of sp³-hybridized carbons (Fsp3) is 0.308. The Morgan fingerprint density at radius 3 is 2.94 bits per heavy atom. The molecule has 0 saturated carbocycles. The predicted octanol–water partition coefficient (Wildman–Crippen LogP) is 2.51. The van der Waals surface area contributed by atoms with E-state index in [2.05, 4.69) is 5.32 Å². The maximum Gasteiger partial charge on any atom is 0.262 e. The summed E-state index contributed by atoms with van der Waals surface area (Å²) in [5, 5.41) is 12.5. The van der Waals surface area contributed by atoms with Crippen LogP contribution in [0.4, 0.5) is 5.69 Å². The minimum absolute atomic E-state index is 0.0745. The Labute approximate surface area is 111 Å². The van der Waals surface area contributed by atoms with Gasteiger partial charge in [-0.3, -0.25) is 4.79 Å². The lowest BCUT2D eigenvalue weighted by atomic mass is 10.2. The van der Waals surface area contributed by atoms with Crippen LogP contribution in [0.2, 0.25) is 0 Å². The van der Waals surface area contributed by atoms with E-state index < -0.39 is 0 Å². The van der Waals surface area contributed by atoms with Gasteiger partial charge in [-0.2, -0.15) is 0 Å². The van der Waals surface area contributed by atoms with Crippen LogP contribution in [-0.4, -0.2) is 28.3 Å². The number of rotatable bonds is 3. The highest BCUT2D eigenvalue weighted by Crippen LogP contribution is 2.28. The summed E-state index contributed by atoms with van der Waals surface area (Å²) < 4.78 is 0. The number of aromatic hydroxyl groups is 1. The van der Waals surface area contributed by atoms with Gasteiger partial charge in [-0.15, -0.1) is 0 Å². The molecule has 0 radical (unpaired) electrons. The molecule has 0 unspecified atom stereocenters. The number of amides is 1. The zero-order chi connectivity index (χ0) is 13.1. The third-order valence-corrected chi connectivity index (χ3v) is 3.87. The van der Waals surface area contributed by atoms with Crippen molar-refractivity contribution in [1.29, 1.82) is 0 Å². The Hall–Kier alpha value is -1.62. The van der Waals surface area contributed by atoms with Crippen LogP contribution in [0, 0.1) is 6.92 Å². The first-order valence-corrected chi connectivity index (χ1v) is 6.78. The van der Waals surface area contributed by atoms with E-state index in [1.165, 1.54) is 11.8 Å². The molecule has 0 atom stereocenters.